The van der Waals surface area contributed by atoms with Gasteiger partial charge in [-0.25, -0.2) is 24.9 Å². The molecule has 0 saturated heterocycles. The highest BCUT2D eigenvalue weighted by atomic mass is 16.3. The molecule has 0 fully saturated rings. The number of aromatic nitrogens is 5. The lowest BCUT2D eigenvalue weighted by Gasteiger charge is -2.27. The highest BCUT2D eigenvalue weighted by Crippen LogP contribution is 2.49. The second kappa shape index (κ2) is 29.9. The molecule has 0 atom stereocenters. The Morgan fingerprint density at radius 2 is 0.543 bits per heavy atom. The fourth-order valence-electron chi connectivity index (χ4n) is 19.7. The van der Waals surface area contributed by atoms with E-state index in [1.807, 2.05) is 103 Å². The van der Waals surface area contributed by atoms with Crippen molar-refractivity contribution in [2.75, 3.05) is 4.90 Å². The summed E-state index contributed by atoms with van der Waals surface area (Å²) in [4.78, 5) is 28.0. The monoisotopic (exact) mass is 1620 g/mol. The second-order valence-corrected chi connectivity index (χ2v) is 32.7. The summed E-state index contributed by atoms with van der Waals surface area (Å²) < 4.78 is 12.4. The zero-order valence-corrected chi connectivity index (χ0v) is 68.6. The molecule has 0 unspecified atom stereocenters. The Morgan fingerprint density at radius 1 is 0.173 bits per heavy atom. The van der Waals surface area contributed by atoms with Gasteiger partial charge in [-0.1, -0.05) is 364 Å². The van der Waals surface area contributed by atoms with Crippen LogP contribution in [0, 0.1) is 0 Å². The second-order valence-electron chi connectivity index (χ2n) is 32.7. The molecule has 27 aromatic rings. The van der Waals surface area contributed by atoms with E-state index in [1.165, 1.54) is 118 Å². The third-order valence-corrected chi connectivity index (χ3v) is 25.6. The van der Waals surface area contributed by atoms with Crippen LogP contribution in [0.4, 0.5) is 17.1 Å². The van der Waals surface area contributed by atoms with E-state index in [0.717, 1.165) is 122 Å². The van der Waals surface area contributed by atoms with Crippen molar-refractivity contribution in [1.82, 2.24) is 24.9 Å². The molecule has 27 rings (SSSR count). The van der Waals surface area contributed by atoms with Gasteiger partial charge in [0.1, 0.15) is 22.3 Å². The van der Waals surface area contributed by atoms with E-state index in [0.29, 0.717) is 17.5 Å². The van der Waals surface area contributed by atoms with Crippen LogP contribution in [0.2, 0.25) is 0 Å². The Balaban J connectivity index is 0.000000104. The maximum atomic E-state index is 6.30. The van der Waals surface area contributed by atoms with Gasteiger partial charge in [-0.3, -0.25) is 0 Å². The van der Waals surface area contributed by atoms with Crippen LogP contribution < -0.4 is 4.90 Å². The van der Waals surface area contributed by atoms with E-state index in [4.69, 9.17) is 33.8 Å². The minimum Gasteiger partial charge on any atom is -0.456 e. The van der Waals surface area contributed by atoms with Crippen LogP contribution in [-0.2, 0) is 0 Å². The van der Waals surface area contributed by atoms with Gasteiger partial charge >= 0.3 is 0 Å². The zero-order chi connectivity index (χ0) is 83.6. The first-order valence-electron chi connectivity index (χ1n) is 43.1. The van der Waals surface area contributed by atoms with E-state index in [-0.39, 0.29) is 0 Å². The highest BCUT2D eigenvalue weighted by Gasteiger charge is 2.25. The van der Waals surface area contributed by atoms with Crippen molar-refractivity contribution in [2.24, 2.45) is 0 Å². The van der Waals surface area contributed by atoms with Gasteiger partial charge in [-0.2, -0.15) is 0 Å². The van der Waals surface area contributed by atoms with Gasteiger partial charge in [0.2, 0.25) is 0 Å². The molecule has 0 spiro atoms. The Kier molecular flexibility index (Phi) is 17.1. The first-order valence-corrected chi connectivity index (χ1v) is 43.1. The van der Waals surface area contributed by atoms with Crippen LogP contribution in [0.25, 0.3) is 241 Å². The van der Waals surface area contributed by atoms with E-state index < -0.39 is 0 Å². The molecule has 0 aliphatic heterocycles. The standard InChI is InChI=1S/C43H25N3O.C40H25NO.C36H22N2/c1-2-10-28(11-3-1)41-44-42(29-19-24-39-37(25-29)34-14-6-7-16-38(34)47-39)46-43(45-41)36-15-8-12-27-18-21-33-32-20-17-26-9-4-5-13-30(26)31(32)22-23-35(33)40(27)36;1-2-11-27(12-3-1)41(37-17-9-19-39-40(37)35-14-6-7-18-38(35)42-39)36-16-8-15-29-32-23-22-30-28-13-5-4-10-26(28)20-21-31(30)33(32)24-25-34(29)36;1-2-10-24(11-3-1)35-36(38-34-16-7-6-15-33(34)37-35)32-14-8-13-26-29-20-19-27-25-12-5-4-9-23(25)17-18-28(27)30(29)21-22-31(26)32/h1-25H;1-25H;1-22H. The molecule has 0 amide bonds. The van der Waals surface area contributed by atoms with Gasteiger partial charge in [0.15, 0.2) is 17.5 Å². The molecule has 127 heavy (non-hydrogen) atoms. The van der Waals surface area contributed by atoms with Crippen LogP contribution in [0.5, 0.6) is 0 Å². The number of hydrogen-bond acceptors (Lipinski definition) is 8. The summed E-state index contributed by atoms with van der Waals surface area (Å²) in [5.74, 6) is 1.90. The largest absolute Gasteiger partial charge is 0.456 e. The summed E-state index contributed by atoms with van der Waals surface area (Å²) >= 11 is 0. The summed E-state index contributed by atoms with van der Waals surface area (Å²) in [6, 6.07) is 154. The Labute approximate surface area is 728 Å². The summed E-state index contributed by atoms with van der Waals surface area (Å²) in [5, 5.41) is 34.2. The molecule has 0 radical (unpaired) electrons. The molecule has 23 aromatic carbocycles. The predicted octanol–water partition coefficient (Wildman–Crippen LogP) is 32.6. The molecule has 0 aliphatic carbocycles. The number of para-hydroxylation sites is 5. The number of furan rings is 2. The number of anilines is 3. The van der Waals surface area contributed by atoms with Gasteiger partial charge < -0.3 is 13.7 Å². The van der Waals surface area contributed by atoms with Gasteiger partial charge in [0.25, 0.3) is 0 Å². The number of fused-ring (bicyclic) bond motifs is 28. The van der Waals surface area contributed by atoms with Crippen molar-refractivity contribution in [3.05, 3.63) is 437 Å². The van der Waals surface area contributed by atoms with Crippen LogP contribution in [0.3, 0.4) is 0 Å². The lowest BCUT2D eigenvalue weighted by atomic mass is 9.91. The molecular formula is C119H72N6O2. The quantitative estimate of drug-likeness (QED) is 0.139. The summed E-state index contributed by atoms with van der Waals surface area (Å²) in [6.07, 6.45) is 0. The molecule has 4 heterocycles. The average molecular weight is 1620 g/mol. The van der Waals surface area contributed by atoms with Crippen LogP contribution in [-0.4, -0.2) is 24.9 Å². The minimum atomic E-state index is 0.621. The third-order valence-electron chi connectivity index (χ3n) is 25.6. The zero-order valence-electron chi connectivity index (χ0n) is 68.6. The first kappa shape index (κ1) is 72.7. The van der Waals surface area contributed by atoms with Crippen molar-refractivity contribution >= 4 is 201 Å². The SMILES string of the molecule is c1ccc(-c2nc(-c3ccc4oc5ccccc5c4c3)nc(-c3cccc4ccc5c6ccc7ccccc7c6ccc5c34)n2)cc1.c1ccc(-c2nc3ccccc3nc2-c2cccc3c2ccc2c3ccc3c4ccccc4ccc32)cc1.c1ccc(N(c2cccc3c2ccc2c3ccc3c4ccccc4ccc32)c2cccc3oc4ccccc4c23)cc1. The summed E-state index contributed by atoms with van der Waals surface area (Å²) in [7, 11) is 0. The topological polar surface area (TPSA) is 94.0 Å². The molecule has 590 valence electrons. The number of nitrogens with zero attached hydrogens (tertiary/aromatic N) is 6. The van der Waals surface area contributed by atoms with Crippen molar-refractivity contribution in [3.63, 3.8) is 0 Å². The van der Waals surface area contributed by atoms with Gasteiger partial charge in [0, 0.05) is 60.4 Å². The van der Waals surface area contributed by atoms with Gasteiger partial charge in [-0.05, 0) is 191 Å². The molecule has 0 N–H and O–H groups in total. The average Bonchev–Trinajstić information content (AvgIpc) is 1.09. The predicted molar refractivity (Wildman–Crippen MR) is 532 cm³/mol. The maximum absolute atomic E-state index is 6.30. The molecule has 8 nitrogen and oxygen atoms in total. The van der Waals surface area contributed by atoms with Gasteiger partial charge in [0.05, 0.1) is 39.2 Å². The van der Waals surface area contributed by atoms with Crippen molar-refractivity contribution < 1.29 is 8.83 Å². The fourth-order valence-corrected chi connectivity index (χ4v) is 19.7. The molecular weight excluding hydrogens is 1550 g/mol. The smallest absolute Gasteiger partial charge is 0.164 e. The fraction of sp³-hybridized carbons (Fsp3) is 0. The highest BCUT2D eigenvalue weighted by molar-refractivity contribution is 6.28. The summed E-state index contributed by atoms with van der Waals surface area (Å²) in [6.45, 7) is 0. The molecule has 0 aliphatic rings. The number of hydrogen-bond donors (Lipinski definition) is 0. The molecule has 0 saturated carbocycles. The molecule has 8 heteroatoms. The normalized spacial score (nSPS) is 11.8. The van der Waals surface area contributed by atoms with E-state index in [1.54, 1.807) is 0 Å². The Hall–Kier alpha value is -17.1. The maximum Gasteiger partial charge on any atom is 0.164 e. The van der Waals surface area contributed by atoms with E-state index in [2.05, 4.69) is 339 Å². The van der Waals surface area contributed by atoms with Gasteiger partial charge in [-0.15, -0.1) is 0 Å². The summed E-state index contributed by atoms with van der Waals surface area (Å²) in [5.41, 5.74) is 15.4. The Bertz CT molecular complexity index is 9190. The first-order chi connectivity index (χ1) is 63.0. The van der Waals surface area contributed by atoms with Crippen molar-refractivity contribution in [3.8, 4) is 56.7 Å². The van der Waals surface area contributed by atoms with Crippen molar-refractivity contribution in [1.29, 1.82) is 0 Å². The van der Waals surface area contributed by atoms with Crippen LogP contribution in [0.15, 0.2) is 446 Å². The van der Waals surface area contributed by atoms with E-state index in [9.17, 15) is 0 Å². The third kappa shape index (κ3) is 12.2. The Morgan fingerprint density at radius 3 is 1.16 bits per heavy atom. The molecule has 0 bridgehead atoms. The van der Waals surface area contributed by atoms with Crippen LogP contribution in [0.1, 0.15) is 0 Å². The van der Waals surface area contributed by atoms with E-state index >= 15 is 0 Å². The number of benzene rings is 23. The molecule has 4 aromatic heterocycles. The van der Waals surface area contributed by atoms with Crippen LogP contribution >= 0.6 is 0 Å². The lowest BCUT2D eigenvalue weighted by molar-refractivity contribution is 0.668. The number of rotatable bonds is 8. The minimum absolute atomic E-state index is 0.621. The lowest BCUT2D eigenvalue weighted by Crippen LogP contribution is -2.10. The van der Waals surface area contributed by atoms with Crippen molar-refractivity contribution in [2.45, 2.75) is 0 Å².